The first-order valence-electron chi connectivity index (χ1n) is 9.02. The van der Waals surface area contributed by atoms with Gasteiger partial charge in [0.05, 0.1) is 11.8 Å². The van der Waals surface area contributed by atoms with Crippen molar-refractivity contribution in [3.8, 4) is 0 Å². The zero-order chi connectivity index (χ0) is 16.4. The first kappa shape index (κ1) is 16.9. The molecule has 0 aliphatic carbocycles. The number of rotatable bonds is 5. The Balaban J connectivity index is 1.55. The summed E-state index contributed by atoms with van der Waals surface area (Å²) < 4.78 is 5.32. The van der Waals surface area contributed by atoms with Gasteiger partial charge in [-0.3, -0.25) is 9.80 Å². The molecule has 0 saturated carbocycles. The fourth-order valence-corrected chi connectivity index (χ4v) is 4.19. The summed E-state index contributed by atoms with van der Waals surface area (Å²) in [6, 6.07) is 1.98. The maximum Gasteiger partial charge on any atom is 0.137 e. The maximum absolute atomic E-state index is 10.4. The molecular formula is C18H31N3O2. The Bertz CT molecular complexity index is 508. The lowest BCUT2D eigenvalue weighted by atomic mass is 9.98. The Morgan fingerprint density at radius 1 is 1.26 bits per heavy atom. The lowest BCUT2D eigenvalue weighted by molar-refractivity contribution is 0.0602. The summed E-state index contributed by atoms with van der Waals surface area (Å²) in [5.74, 6) is 1.14. The summed E-state index contributed by atoms with van der Waals surface area (Å²) in [7, 11) is 0. The van der Waals surface area contributed by atoms with E-state index in [0.29, 0.717) is 0 Å². The van der Waals surface area contributed by atoms with Gasteiger partial charge in [-0.25, -0.2) is 0 Å². The number of β-amino-alcohol motifs (C(OH)–C–C–N with tert-alkyl or cyclic N) is 1. The molecule has 2 saturated heterocycles. The van der Waals surface area contributed by atoms with Crippen molar-refractivity contribution < 1.29 is 9.63 Å². The lowest BCUT2D eigenvalue weighted by Gasteiger charge is -2.43. The van der Waals surface area contributed by atoms with Gasteiger partial charge in [0.1, 0.15) is 5.76 Å². The minimum Gasteiger partial charge on any atom is -0.391 e. The molecule has 1 aromatic heterocycles. The summed E-state index contributed by atoms with van der Waals surface area (Å²) in [5, 5.41) is 14.4. The third-order valence-corrected chi connectivity index (χ3v) is 5.44. The highest BCUT2D eigenvalue weighted by Gasteiger charge is 2.37. The minimum absolute atomic E-state index is 0.178. The largest absolute Gasteiger partial charge is 0.391 e. The molecule has 2 aliphatic rings. The van der Waals surface area contributed by atoms with E-state index in [1.165, 1.54) is 32.4 Å². The summed E-state index contributed by atoms with van der Waals surface area (Å²) in [4.78, 5) is 5.04. The second-order valence-electron chi connectivity index (χ2n) is 8.02. The number of piperidine rings is 1. The van der Waals surface area contributed by atoms with Crippen molar-refractivity contribution in [2.75, 3.05) is 32.7 Å². The first-order valence-corrected chi connectivity index (χ1v) is 9.02. The molecular weight excluding hydrogens is 290 g/mol. The molecule has 2 atom stereocenters. The van der Waals surface area contributed by atoms with Crippen molar-refractivity contribution in [1.29, 1.82) is 0 Å². The molecule has 23 heavy (non-hydrogen) atoms. The zero-order valence-corrected chi connectivity index (χ0v) is 14.8. The molecule has 0 amide bonds. The smallest absolute Gasteiger partial charge is 0.137 e. The van der Waals surface area contributed by atoms with Crippen molar-refractivity contribution in [2.24, 2.45) is 5.92 Å². The van der Waals surface area contributed by atoms with Gasteiger partial charge in [-0.2, -0.15) is 0 Å². The van der Waals surface area contributed by atoms with Crippen LogP contribution in [0.15, 0.2) is 10.6 Å². The minimum atomic E-state index is -0.266. The van der Waals surface area contributed by atoms with E-state index in [-0.39, 0.29) is 17.6 Å². The number of aryl methyl sites for hydroxylation is 1. The van der Waals surface area contributed by atoms with E-state index in [2.05, 4.69) is 28.8 Å². The molecule has 1 aromatic rings. The Hall–Kier alpha value is -0.910. The van der Waals surface area contributed by atoms with Crippen molar-refractivity contribution in [2.45, 2.75) is 58.1 Å². The van der Waals surface area contributed by atoms with Crippen molar-refractivity contribution in [1.82, 2.24) is 15.0 Å². The molecule has 2 fully saturated rings. The van der Waals surface area contributed by atoms with E-state index >= 15 is 0 Å². The normalized spacial score (nSPS) is 27.7. The number of hydrogen-bond acceptors (Lipinski definition) is 5. The average molecular weight is 321 g/mol. The van der Waals surface area contributed by atoms with Crippen molar-refractivity contribution >= 4 is 0 Å². The van der Waals surface area contributed by atoms with Crippen LogP contribution in [-0.2, 0) is 6.42 Å². The van der Waals surface area contributed by atoms with E-state index in [4.69, 9.17) is 4.52 Å². The van der Waals surface area contributed by atoms with Crippen LogP contribution in [0.3, 0.4) is 0 Å². The highest BCUT2D eigenvalue weighted by molar-refractivity contribution is 5.05. The molecule has 0 radical (unpaired) electrons. The van der Waals surface area contributed by atoms with Crippen LogP contribution >= 0.6 is 0 Å². The van der Waals surface area contributed by atoms with Crippen LogP contribution in [0.4, 0.5) is 0 Å². The fourth-order valence-electron chi connectivity index (χ4n) is 4.19. The maximum atomic E-state index is 10.4. The molecule has 5 heteroatoms. The van der Waals surface area contributed by atoms with Crippen molar-refractivity contribution in [3.05, 3.63) is 17.5 Å². The molecule has 2 aliphatic heterocycles. The summed E-state index contributed by atoms with van der Waals surface area (Å²) >= 11 is 0. The first-order chi connectivity index (χ1) is 10.9. The number of likely N-dealkylation sites (tertiary alicyclic amines) is 2. The predicted octanol–water partition coefficient (Wildman–Crippen LogP) is 2.08. The van der Waals surface area contributed by atoms with Gasteiger partial charge >= 0.3 is 0 Å². The Kier molecular flexibility index (Phi) is 5.09. The van der Waals surface area contributed by atoms with E-state index in [9.17, 15) is 5.11 Å². The Labute approximate surface area is 139 Å². The molecule has 130 valence electrons. The molecule has 0 bridgehead atoms. The molecule has 3 rings (SSSR count). The highest BCUT2D eigenvalue weighted by atomic mass is 16.5. The van der Waals surface area contributed by atoms with Crippen LogP contribution in [0, 0.1) is 12.8 Å². The van der Waals surface area contributed by atoms with Gasteiger partial charge in [-0.05, 0) is 46.7 Å². The SMILES string of the molecule is Cc1cc(C[C@@H]2CN(CC(C)(C)N3CCCCC3)C[C@@H]2O)on1. The van der Waals surface area contributed by atoms with Gasteiger partial charge in [0, 0.05) is 43.6 Å². The van der Waals surface area contributed by atoms with E-state index in [1.807, 2.05) is 13.0 Å². The topological polar surface area (TPSA) is 52.7 Å². The summed E-state index contributed by atoms with van der Waals surface area (Å²) in [6.07, 6.45) is 4.52. The number of hydrogen-bond donors (Lipinski definition) is 1. The van der Waals surface area contributed by atoms with Crippen LogP contribution < -0.4 is 0 Å². The standard InChI is InChI=1S/C18H31N3O2/c1-14-9-16(23-19-14)10-15-11-20(12-17(15)22)13-18(2,3)21-7-5-4-6-8-21/h9,15,17,22H,4-8,10-13H2,1-3H3/t15-,17+/m1/s1. The highest BCUT2D eigenvalue weighted by Crippen LogP contribution is 2.27. The summed E-state index contributed by atoms with van der Waals surface area (Å²) in [6.45, 7) is 11.8. The van der Waals surface area contributed by atoms with E-state index in [1.54, 1.807) is 0 Å². The molecule has 0 aromatic carbocycles. The molecule has 0 spiro atoms. The number of nitrogens with zero attached hydrogens (tertiary/aromatic N) is 3. The second-order valence-corrected chi connectivity index (χ2v) is 8.02. The Morgan fingerprint density at radius 2 is 2.00 bits per heavy atom. The van der Waals surface area contributed by atoms with Gasteiger partial charge in [0.2, 0.25) is 0 Å². The second kappa shape index (κ2) is 6.91. The van der Waals surface area contributed by atoms with Crippen LogP contribution in [0.5, 0.6) is 0 Å². The van der Waals surface area contributed by atoms with Gasteiger partial charge in [-0.15, -0.1) is 0 Å². The van der Waals surface area contributed by atoms with E-state index in [0.717, 1.165) is 37.5 Å². The Morgan fingerprint density at radius 3 is 2.65 bits per heavy atom. The van der Waals surface area contributed by atoms with Crippen LogP contribution in [-0.4, -0.2) is 64.4 Å². The van der Waals surface area contributed by atoms with Crippen LogP contribution in [0.2, 0.25) is 0 Å². The van der Waals surface area contributed by atoms with E-state index < -0.39 is 0 Å². The van der Waals surface area contributed by atoms with Crippen LogP contribution in [0.1, 0.15) is 44.6 Å². The van der Waals surface area contributed by atoms with Gasteiger partial charge < -0.3 is 9.63 Å². The third-order valence-electron chi connectivity index (χ3n) is 5.44. The van der Waals surface area contributed by atoms with Crippen LogP contribution in [0.25, 0.3) is 0 Å². The van der Waals surface area contributed by atoms with Crippen molar-refractivity contribution in [3.63, 3.8) is 0 Å². The predicted molar refractivity (Wildman–Crippen MR) is 90.4 cm³/mol. The lowest BCUT2D eigenvalue weighted by Crippen LogP contribution is -2.53. The molecule has 5 nitrogen and oxygen atoms in total. The summed E-state index contributed by atoms with van der Waals surface area (Å²) in [5.41, 5.74) is 1.09. The molecule has 0 unspecified atom stereocenters. The molecule has 1 N–H and O–H groups in total. The monoisotopic (exact) mass is 321 g/mol. The zero-order valence-electron chi connectivity index (χ0n) is 14.8. The number of aromatic nitrogens is 1. The quantitative estimate of drug-likeness (QED) is 0.900. The third kappa shape index (κ3) is 4.14. The average Bonchev–Trinajstić information content (AvgIpc) is 3.06. The van der Waals surface area contributed by atoms with Gasteiger partial charge in [0.25, 0.3) is 0 Å². The number of aliphatic hydroxyl groups is 1. The van der Waals surface area contributed by atoms with Gasteiger partial charge in [-0.1, -0.05) is 11.6 Å². The number of aliphatic hydroxyl groups excluding tert-OH is 1. The van der Waals surface area contributed by atoms with Gasteiger partial charge in [0.15, 0.2) is 0 Å². The molecule has 3 heterocycles. The fraction of sp³-hybridized carbons (Fsp3) is 0.833.